The predicted molar refractivity (Wildman–Crippen MR) is 67.9 cm³/mol. The van der Waals surface area contributed by atoms with E-state index >= 15 is 0 Å². The fourth-order valence-corrected chi connectivity index (χ4v) is 2.72. The Balaban J connectivity index is 2.20. The maximum atomic E-state index is 9.31. The standard InChI is InChI=1S/C13H23N3O/c1-3-10-7-11(4-2)16(15-10)12-5-6-13(14,8-12)9-17/h7,12,17H,3-6,8-9,14H2,1-2H3. The molecule has 0 aliphatic heterocycles. The lowest BCUT2D eigenvalue weighted by atomic mass is 10.0. The first kappa shape index (κ1) is 12.6. The molecular weight excluding hydrogens is 214 g/mol. The summed E-state index contributed by atoms with van der Waals surface area (Å²) in [6, 6.07) is 2.55. The van der Waals surface area contributed by atoms with Crippen molar-refractivity contribution in [2.75, 3.05) is 6.61 Å². The summed E-state index contributed by atoms with van der Waals surface area (Å²) in [5.41, 5.74) is 8.17. The van der Waals surface area contributed by atoms with Crippen LogP contribution in [0, 0.1) is 0 Å². The van der Waals surface area contributed by atoms with Gasteiger partial charge in [0.1, 0.15) is 0 Å². The summed E-state index contributed by atoms with van der Waals surface area (Å²) in [5.74, 6) is 0. The van der Waals surface area contributed by atoms with Gasteiger partial charge < -0.3 is 10.8 Å². The molecule has 2 atom stereocenters. The number of aromatic nitrogens is 2. The average Bonchev–Trinajstić information content (AvgIpc) is 2.93. The minimum absolute atomic E-state index is 0.0763. The molecule has 0 amide bonds. The first-order valence-electron chi connectivity index (χ1n) is 6.59. The van der Waals surface area contributed by atoms with Crippen molar-refractivity contribution in [3.63, 3.8) is 0 Å². The molecule has 0 spiro atoms. The quantitative estimate of drug-likeness (QED) is 0.832. The van der Waals surface area contributed by atoms with Crippen molar-refractivity contribution < 1.29 is 5.11 Å². The van der Waals surface area contributed by atoms with Crippen LogP contribution in [0.25, 0.3) is 0 Å². The van der Waals surface area contributed by atoms with Crippen molar-refractivity contribution in [2.45, 2.75) is 57.5 Å². The highest BCUT2D eigenvalue weighted by molar-refractivity contribution is 5.12. The molecule has 1 aromatic rings. The summed E-state index contributed by atoms with van der Waals surface area (Å²) >= 11 is 0. The van der Waals surface area contributed by atoms with Gasteiger partial charge in [-0.25, -0.2) is 0 Å². The summed E-state index contributed by atoms with van der Waals surface area (Å²) in [7, 11) is 0. The van der Waals surface area contributed by atoms with Crippen molar-refractivity contribution in [3.8, 4) is 0 Å². The van der Waals surface area contributed by atoms with Gasteiger partial charge in [-0.15, -0.1) is 0 Å². The van der Waals surface area contributed by atoms with Crippen LogP contribution in [0.2, 0.25) is 0 Å². The number of hydrogen-bond acceptors (Lipinski definition) is 3. The number of nitrogens with zero attached hydrogens (tertiary/aromatic N) is 2. The second-order valence-electron chi connectivity index (χ2n) is 5.20. The number of nitrogens with two attached hydrogens (primary N) is 1. The maximum absolute atomic E-state index is 9.31. The van der Waals surface area contributed by atoms with Gasteiger partial charge in [0, 0.05) is 11.2 Å². The lowest BCUT2D eigenvalue weighted by Gasteiger charge is -2.21. The number of aliphatic hydroxyl groups is 1. The first-order valence-corrected chi connectivity index (χ1v) is 6.59. The monoisotopic (exact) mass is 237 g/mol. The molecule has 3 N–H and O–H groups in total. The molecule has 2 unspecified atom stereocenters. The lowest BCUT2D eigenvalue weighted by molar-refractivity contribution is 0.194. The van der Waals surface area contributed by atoms with Gasteiger partial charge in [0.2, 0.25) is 0 Å². The molecule has 0 saturated heterocycles. The minimum atomic E-state index is -0.395. The van der Waals surface area contributed by atoms with Crippen LogP contribution in [0.1, 0.15) is 50.5 Å². The number of rotatable bonds is 4. The third-order valence-electron chi connectivity index (χ3n) is 3.87. The van der Waals surface area contributed by atoms with Gasteiger partial charge in [-0.1, -0.05) is 13.8 Å². The van der Waals surface area contributed by atoms with Crippen LogP contribution >= 0.6 is 0 Å². The Morgan fingerprint density at radius 2 is 2.29 bits per heavy atom. The predicted octanol–water partition coefficient (Wildman–Crippen LogP) is 1.42. The van der Waals surface area contributed by atoms with Crippen LogP contribution in [0.4, 0.5) is 0 Å². The molecule has 0 aromatic carbocycles. The molecular formula is C13H23N3O. The SMILES string of the molecule is CCc1cc(CC)n(C2CCC(N)(CO)C2)n1. The van der Waals surface area contributed by atoms with Crippen LogP contribution in [-0.2, 0) is 12.8 Å². The van der Waals surface area contributed by atoms with Crippen molar-refractivity contribution in [1.82, 2.24) is 9.78 Å². The van der Waals surface area contributed by atoms with Crippen LogP contribution < -0.4 is 5.73 Å². The molecule has 0 bridgehead atoms. The highest BCUT2D eigenvalue weighted by Crippen LogP contribution is 2.36. The third kappa shape index (κ3) is 2.38. The van der Waals surface area contributed by atoms with Gasteiger partial charge in [-0.05, 0) is 38.2 Å². The van der Waals surface area contributed by atoms with E-state index in [2.05, 4.69) is 29.7 Å². The minimum Gasteiger partial charge on any atom is -0.394 e. The third-order valence-corrected chi connectivity index (χ3v) is 3.87. The van der Waals surface area contributed by atoms with E-state index in [4.69, 9.17) is 5.73 Å². The molecule has 0 radical (unpaired) electrons. The Labute approximate surface area is 103 Å². The Hall–Kier alpha value is -0.870. The molecule has 96 valence electrons. The second-order valence-corrected chi connectivity index (χ2v) is 5.20. The number of aliphatic hydroxyl groups excluding tert-OH is 1. The maximum Gasteiger partial charge on any atom is 0.0624 e. The van der Waals surface area contributed by atoms with E-state index in [0.29, 0.717) is 6.04 Å². The van der Waals surface area contributed by atoms with E-state index in [1.165, 1.54) is 5.69 Å². The van der Waals surface area contributed by atoms with Crippen LogP contribution in [0.5, 0.6) is 0 Å². The number of hydrogen-bond donors (Lipinski definition) is 2. The molecule has 2 rings (SSSR count). The normalized spacial score (nSPS) is 28.8. The van der Waals surface area contributed by atoms with Gasteiger partial charge in [0.25, 0.3) is 0 Å². The summed E-state index contributed by atoms with van der Waals surface area (Å²) in [4.78, 5) is 0. The summed E-state index contributed by atoms with van der Waals surface area (Å²) in [6.07, 6.45) is 4.72. The largest absolute Gasteiger partial charge is 0.394 e. The zero-order valence-electron chi connectivity index (χ0n) is 10.8. The van der Waals surface area contributed by atoms with E-state index in [1.54, 1.807) is 0 Å². The van der Waals surface area contributed by atoms with Crippen LogP contribution in [0.15, 0.2) is 6.07 Å². The summed E-state index contributed by atoms with van der Waals surface area (Å²) in [6.45, 7) is 4.36. The Kier molecular flexibility index (Phi) is 3.54. The van der Waals surface area contributed by atoms with Crippen molar-refractivity contribution in [3.05, 3.63) is 17.5 Å². The number of aryl methyl sites for hydroxylation is 2. The fraction of sp³-hybridized carbons (Fsp3) is 0.769. The topological polar surface area (TPSA) is 64.1 Å². The Morgan fingerprint density at radius 1 is 1.53 bits per heavy atom. The zero-order valence-corrected chi connectivity index (χ0v) is 10.8. The van der Waals surface area contributed by atoms with Crippen molar-refractivity contribution in [2.24, 2.45) is 5.73 Å². The average molecular weight is 237 g/mol. The molecule has 17 heavy (non-hydrogen) atoms. The molecule has 4 heteroatoms. The smallest absolute Gasteiger partial charge is 0.0624 e. The molecule has 1 saturated carbocycles. The Morgan fingerprint density at radius 3 is 2.82 bits per heavy atom. The van der Waals surface area contributed by atoms with Crippen molar-refractivity contribution >= 4 is 0 Å². The van der Waals surface area contributed by atoms with E-state index < -0.39 is 5.54 Å². The summed E-state index contributed by atoms with van der Waals surface area (Å²) < 4.78 is 2.14. The summed E-state index contributed by atoms with van der Waals surface area (Å²) in [5, 5.41) is 14.0. The van der Waals surface area contributed by atoms with Crippen LogP contribution in [0.3, 0.4) is 0 Å². The van der Waals surface area contributed by atoms with Gasteiger partial charge in [-0.2, -0.15) is 5.10 Å². The van der Waals surface area contributed by atoms with E-state index in [-0.39, 0.29) is 6.61 Å². The van der Waals surface area contributed by atoms with Crippen LogP contribution in [-0.4, -0.2) is 27.0 Å². The fourth-order valence-electron chi connectivity index (χ4n) is 2.72. The van der Waals surface area contributed by atoms with E-state index in [9.17, 15) is 5.11 Å². The van der Waals surface area contributed by atoms with Gasteiger partial charge in [-0.3, -0.25) is 4.68 Å². The van der Waals surface area contributed by atoms with E-state index in [0.717, 1.165) is 37.8 Å². The molecule has 4 nitrogen and oxygen atoms in total. The van der Waals surface area contributed by atoms with Gasteiger partial charge in [0.15, 0.2) is 0 Å². The van der Waals surface area contributed by atoms with Crippen molar-refractivity contribution in [1.29, 1.82) is 0 Å². The highest BCUT2D eigenvalue weighted by atomic mass is 16.3. The van der Waals surface area contributed by atoms with Gasteiger partial charge >= 0.3 is 0 Å². The first-order chi connectivity index (χ1) is 8.11. The molecule has 1 fully saturated rings. The molecule has 1 aliphatic rings. The molecule has 1 heterocycles. The highest BCUT2D eigenvalue weighted by Gasteiger charge is 2.37. The second kappa shape index (κ2) is 4.78. The molecule has 1 aliphatic carbocycles. The van der Waals surface area contributed by atoms with Gasteiger partial charge in [0.05, 0.1) is 18.3 Å². The zero-order chi connectivity index (χ0) is 12.5. The Bertz CT molecular complexity index is 388. The molecule has 1 aromatic heterocycles. The van der Waals surface area contributed by atoms with E-state index in [1.807, 2.05) is 0 Å². The lowest BCUT2D eigenvalue weighted by Crippen LogP contribution is -2.41.